The van der Waals surface area contributed by atoms with Crippen molar-refractivity contribution < 1.29 is 0 Å². The third-order valence-electron chi connectivity index (χ3n) is 2.56. The van der Waals surface area contributed by atoms with Crippen molar-refractivity contribution in [1.82, 2.24) is 0 Å². The summed E-state index contributed by atoms with van der Waals surface area (Å²) in [5, 5.41) is 0. The maximum atomic E-state index is 6.02. The van der Waals surface area contributed by atoms with Crippen LogP contribution in [-0.2, 0) is 0 Å². The first-order valence-electron chi connectivity index (χ1n) is 4.98. The predicted octanol–water partition coefficient (Wildman–Crippen LogP) is 3.53. The zero-order chi connectivity index (χ0) is 9.84. The van der Waals surface area contributed by atoms with E-state index in [1.807, 2.05) is 0 Å². The van der Waals surface area contributed by atoms with Crippen LogP contribution in [-0.4, -0.2) is 0 Å². The third-order valence-corrected chi connectivity index (χ3v) is 2.56. The normalized spacial score (nSPS) is 12.0. The zero-order valence-electron chi connectivity index (χ0n) is 9.21. The molecule has 1 aromatic rings. The monoisotopic (exact) mass is 213 g/mol. The number of halogens is 1. The minimum Gasteiger partial charge on any atom is -0.324 e. The smallest absolute Gasteiger partial charge is 0.0294 e. The van der Waals surface area contributed by atoms with Gasteiger partial charge in [0.2, 0.25) is 0 Å². The lowest BCUT2D eigenvalue weighted by Gasteiger charge is -2.12. The summed E-state index contributed by atoms with van der Waals surface area (Å²) in [6, 6.07) is 6.71. The molecule has 80 valence electrons. The fraction of sp³-hybridized carbons (Fsp3) is 0.500. The predicted molar refractivity (Wildman–Crippen MR) is 65.0 cm³/mol. The molecule has 0 heterocycles. The molecule has 0 radical (unpaired) electrons. The fourth-order valence-electron chi connectivity index (χ4n) is 1.47. The Morgan fingerprint density at radius 3 is 2.36 bits per heavy atom. The van der Waals surface area contributed by atoms with Gasteiger partial charge in [0.25, 0.3) is 0 Å². The minimum absolute atomic E-state index is 0. The van der Waals surface area contributed by atoms with Gasteiger partial charge in [0, 0.05) is 6.04 Å². The van der Waals surface area contributed by atoms with Crippen LogP contribution in [0.3, 0.4) is 0 Å². The third kappa shape index (κ3) is 3.32. The average molecular weight is 214 g/mol. The Labute approximate surface area is 93.1 Å². The van der Waals surface area contributed by atoms with Gasteiger partial charge >= 0.3 is 0 Å². The summed E-state index contributed by atoms with van der Waals surface area (Å²) in [6.45, 7) is 6.43. The van der Waals surface area contributed by atoms with E-state index in [0.717, 1.165) is 12.8 Å². The highest BCUT2D eigenvalue weighted by molar-refractivity contribution is 5.85. The van der Waals surface area contributed by atoms with Crippen molar-refractivity contribution in [3.8, 4) is 0 Å². The van der Waals surface area contributed by atoms with E-state index >= 15 is 0 Å². The van der Waals surface area contributed by atoms with Crippen molar-refractivity contribution in [1.29, 1.82) is 0 Å². The molecule has 0 saturated heterocycles. The van der Waals surface area contributed by atoms with Crippen molar-refractivity contribution >= 4 is 12.4 Å². The Morgan fingerprint density at radius 2 is 1.86 bits per heavy atom. The number of rotatable bonds is 3. The molecule has 1 aromatic carbocycles. The fourth-order valence-corrected chi connectivity index (χ4v) is 1.47. The van der Waals surface area contributed by atoms with Crippen LogP contribution in [0.4, 0.5) is 0 Å². The molecule has 0 aliphatic heterocycles. The molecule has 0 unspecified atom stereocenters. The van der Waals surface area contributed by atoms with Crippen LogP contribution < -0.4 is 5.73 Å². The van der Waals surface area contributed by atoms with Gasteiger partial charge in [0.15, 0.2) is 0 Å². The van der Waals surface area contributed by atoms with Crippen LogP contribution in [0, 0.1) is 13.8 Å². The number of benzene rings is 1. The van der Waals surface area contributed by atoms with Crippen molar-refractivity contribution in [2.45, 2.75) is 39.7 Å². The molecule has 0 fully saturated rings. The van der Waals surface area contributed by atoms with Gasteiger partial charge in [-0.3, -0.25) is 0 Å². The number of hydrogen-bond donors (Lipinski definition) is 1. The van der Waals surface area contributed by atoms with Gasteiger partial charge in [-0.05, 0) is 37.0 Å². The first-order valence-corrected chi connectivity index (χ1v) is 4.98. The van der Waals surface area contributed by atoms with Gasteiger partial charge in [0.05, 0.1) is 0 Å². The van der Waals surface area contributed by atoms with Crippen molar-refractivity contribution in [3.05, 3.63) is 34.9 Å². The van der Waals surface area contributed by atoms with Crippen LogP contribution >= 0.6 is 12.4 Å². The summed E-state index contributed by atoms with van der Waals surface area (Å²) in [5.41, 5.74) is 9.97. The standard InChI is InChI=1S/C12H19N.ClH/c1-4-5-12(13)11-7-6-9(2)10(3)8-11;/h6-8,12H,4-5,13H2,1-3H3;1H/t12-;/m0./s1. The molecule has 2 heteroatoms. The van der Waals surface area contributed by atoms with Gasteiger partial charge < -0.3 is 5.73 Å². The Hall–Kier alpha value is -0.530. The second-order valence-electron chi connectivity index (χ2n) is 3.74. The highest BCUT2D eigenvalue weighted by atomic mass is 35.5. The van der Waals surface area contributed by atoms with E-state index in [2.05, 4.69) is 39.0 Å². The highest BCUT2D eigenvalue weighted by Crippen LogP contribution is 2.18. The molecule has 0 saturated carbocycles. The Kier molecular flexibility index (Phi) is 5.82. The lowest BCUT2D eigenvalue weighted by Crippen LogP contribution is -2.09. The van der Waals surface area contributed by atoms with Gasteiger partial charge in [-0.2, -0.15) is 0 Å². The molecule has 0 aliphatic rings. The Balaban J connectivity index is 0.00000169. The van der Waals surface area contributed by atoms with E-state index in [-0.39, 0.29) is 18.4 Å². The van der Waals surface area contributed by atoms with Crippen LogP contribution in [0.15, 0.2) is 18.2 Å². The van der Waals surface area contributed by atoms with Crippen molar-refractivity contribution in [2.24, 2.45) is 5.73 Å². The van der Waals surface area contributed by atoms with Crippen LogP contribution in [0.5, 0.6) is 0 Å². The van der Waals surface area contributed by atoms with Gasteiger partial charge in [-0.25, -0.2) is 0 Å². The highest BCUT2D eigenvalue weighted by Gasteiger charge is 2.04. The summed E-state index contributed by atoms with van der Waals surface area (Å²) in [7, 11) is 0. The molecule has 1 nitrogen and oxygen atoms in total. The lowest BCUT2D eigenvalue weighted by molar-refractivity contribution is 0.638. The molecular formula is C12H20ClN. The zero-order valence-corrected chi connectivity index (χ0v) is 10.0. The van der Waals surface area contributed by atoms with E-state index in [1.165, 1.54) is 16.7 Å². The molecule has 14 heavy (non-hydrogen) atoms. The van der Waals surface area contributed by atoms with E-state index < -0.39 is 0 Å². The van der Waals surface area contributed by atoms with E-state index in [9.17, 15) is 0 Å². The maximum Gasteiger partial charge on any atom is 0.0294 e. The molecular weight excluding hydrogens is 194 g/mol. The maximum absolute atomic E-state index is 6.02. The second kappa shape index (κ2) is 6.05. The Morgan fingerprint density at radius 1 is 1.21 bits per heavy atom. The molecule has 1 atom stereocenters. The summed E-state index contributed by atoms with van der Waals surface area (Å²) in [4.78, 5) is 0. The molecule has 2 N–H and O–H groups in total. The van der Waals surface area contributed by atoms with Crippen LogP contribution in [0.25, 0.3) is 0 Å². The summed E-state index contributed by atoms with van der Waals surface area (Å²) in [6.07, 6.45) is 2.22. The van der Waals surface area contributed by atoms with E-state index in [0.29, 0.717) is 0 Å². The first-order chi connectivity index (χ1) is 6.15. The molecule has 0 bridgehead atoms. The van der Waals surface area contributed by atoms with E-state index in [4.69, 9.17) is 5.73 Å². The molecule has 1 rings (SSSR count). The van der Waals surface area contributed by atoms with Crippen molar-refractivity contribution in [3.63, 3.8) is 0 Å². The molecule has 0 amide bonds. The lowest BCUT2D eigenvalue weighted by atomic mass is 9.99. The van der Waals surface area contributed by atoms with Crippen LogP contribution in [0.2, 0.25) is 0 Å². The summed E-state index contributed by atoms with van der Waals surface area (Å²) < 4.78 is 0. The molecule has 0 spiro atoms. The van der Waals surface area contributed by atoms with Gasteiger partial charge in [0.1, 0.15) is 0 Å². The van der Waals surface area contributed by atoms with Gasteiger partial charge in [-0.1, -0.05) is 31.5 Å². The molecule has 0 aromatic heterocycles. The largest absolute Gasteiger partial charge is 0.324 e. The number of nitrogens with two attached hydrogens (primary N) is 1. The van der Waals surface area contributed by atoms with E-state index in [1.54, 1.807) is 0 Å². The van der Waals surface area contributed by atoms with Crippen molar-refractivity contribution in [2.75, 3.05) is 0 Å². The topological polar surface area (TPSA) is 26.0 Å². The first kappa shape index (κ1) is 13.5. The minimum atomic E-state index is 0. The summed E-state index contributed by atoms with van der Waals surface area (Å²) in [5.74, 6) is 0. The number of hydrogen-bond acceptors (Lipinski definition) is 1. The second-order valence-corrected chi connectivity index (χ2v) is 3.74. The Bertz CT molecular complexity index is 284. The number of aryl methyl sites for hydroxylation is 2. The average Bonchev–Trinajstić information content (AvgIpc) is 2.10. The molecule has 0 aliphatic carbocycles. The SMILES string of the molecule is CCC[C@H](N)c1ccc(C)c(C)c1.Cl. The summed E-state index contributed by atoms with van der Waals surface area (Å²) >= 11 is 0. The van der Waals surface area contributed by atoms with Crippen LogP contribution in [0.1, 0.15) is 42.5 Å². The van der Waals surface area contributed by atoms with Gasteiger partial charge in [-0.15, -0.1) is 12.4 Å². The quantitative estimate of drug-likeness (QED) is 0.817.